The van der Waals surface area contributed by atoms with E-state index in [9.17, 15) is 8.42 Å². The number of hydrogen-bond acceptors (Lipinski definition) is 3. The van der Waals surface area contributed by atoms with Crippen LogP contribution < -0.4 is 4.90 Å². The van der Waals surface area contributed by atoms with Gasteiger partial charge in [0.15, 0.2) is 9.84 Å². The van der Waals surface area contributed by atoms with Gasteiger partial charge in [0.25, 0.3) is 0 Å². The van der Waals surface area contributed by atoms with E-state index in [1.807, 2.05) is 37.9 Å². The Morgan fingerprint density at radius 3 is 2.60 bits per heavy atom. The molecule has 0 N–H and O–H groups in total. The zero-order valence-corrected chi connectivity index (χ0v) is 10.1. The van der Waals surface area contributed by atoms with Crippen LogP contribution in [0.3, 0.4) is 0 Å². The number of aryl methyl sites for hydroxylation is 2. The number of fused-ring (bicyclic) bond motifs is 1. The molecule has 0 atom stereocenters. The zero-order valence-electron chi connectivity index (χ0n) is 9.24. The van der Waals surface area contributed by atoms with Gasteiger partial charge in [-0.2, -0.15) is 0 Å². The summed E-state index contributed by atoms with van der Waals surface area (Å²) in [4.78, 5) is 2.53. The van der Waals surface area contributed by atoms with E-state index in [0.29, 0.717) is 11.4 Å². The van der Waals surface area contributed by atoms with E-state index in [1.54, 1.807) is 0 Å². The second kappa shape index (κ2) is 3.23. The van der Waals surface area contributed by atoms with Gasteiger partial charge in [-0.05, 0) is 31.0 Å². The Bertz CT molecular complexity index is 506. The largest absolute Gasteiger partial charge is 0.372 e. The first-order valence-corrected chi connectivity index (χ1v) is 6.62. The van der Waals surface area contributed by atoms with Crippen LogP contribution in [0, 0.1) is 13.8 Å². The Labute approximate surface area is 90.6 Å². The van der Waals surface area contributed by atoms with E-state index in [0.717, 1.165) is 16.8 Å². The summed E-state index contributed by atoms with van der Waals surface area (Å²) in [5, 5.41) is 0. The molecule has 0 radical (unpaired) electrons. The van der Waals surface area contributed by atoms with Crippen LogP contribution >= 0.6 is 0 Å². The average Bonchev–Trinajstić information content (AvgIpc) is 2.10. The Hall–Kier alpha value is -1.03. The molecule has 0 saturated heterocycles. The molecule has 0 aliphatic carbocycles. The summed E-state index contributed by atoms with van der Waals surface area (Å²) < 4.78 is 23.8. The zero-order chi connectivity index (χ0) is 11.2. The predicted octanol–water partition coefficient (Wildman–Crippen LogP) is 1.53. The second-order valence-corrected chi connectivity index (χ2v) is 6.22. The van der Waals surface area contributed by atoms with Crippen molar-refractivity contribution in [1.82, 2.24) is 0 Å². The fourth-order valence-electron chi connectivity index (χ4n) is 2.10. The van der Waals surface area contributed by atoms with Gasteiger partial charge in [-0.3, -0.25) is 0 Å². The number of nitrogens with zero attached hydrogens (tertiary/aromatic N) is 1. The van der Waals surface area contributed by atoms with E-state index >= 15 is 0 Å². The summed E-state index contributed by atoms with van der Waals surface area (Å²) in [6.07, 6.45) is 0. The highest BCUT2D eigenvalue weighted by molar-refractivity contribution is 7.91. The van der Waals surface area contributed by atoms with Gasteiger partial charge >= 0.3 is 0 Å². The molecule has 1 aromatic rings. The minimum Gasteiger partial charge on any atom is -0.372 e. The molecule has 0 aromatic heterocycles. The summed E-state index contributed by atoms with van der Waals surface area (Å²) in [7, 11) is -1.13. The Morgan fingerprint density at radius 1 is 1.27 bits per heavy atom. The van der Waals surface area contributed by atoms with Crippen molar-refractivity contribution in [2.24, 2.45) is 0 Å². The van der Waals surface area contributed by atoms with Crippen LogP contribution in [0.15, 0.2) is 17.0 Å². The third-order valence-corrected chi connectivity index (χ3v) is 4.69. The lowest BCUT2D eigenvalue weighted by Gasteiger charge is -2.28. The molecule has 4 heteroatoms. The third-order valence-electron chi connectivity index (χ3n) is 2.82. The molecule has 1 heterocycles. The van der Waals surface area contributed by atoms with Crippen molar-refractivity contribution in [3.63, 3.8) is 0 Å². The summed E-state index contributed by atoms with van der Waals surface area (Å²) in [5.41, 5.74) is 2.81. The van der Waals surface area contributed by atoms with Crippen molar-refractivity contribution in [2.75, 3.05) is 24.2 Å². The topological polar surface area (TPSA) is 37.4 Å². The van der Waals surface area contributed by atoms with Crippen molar-refractivity contribution in [1.29, 1.82) is 0 Å². The lowest BCUT2D eigenvalue weighted by Crippen LogP contribution is -2.32. The van der Waals surface area contributed by atoms with Crippen LogP contribution in [-0.4, -0.2) is 27.8 Å². The standard InChI is InChI=1S/C11H15NO2S/c1-8-6-9(2)11-10(7-8)12(3)4-5-15(11,13)14/h6-7H,4-5H2,1-3H3. The highest BCUT2D eigenvalue weighted by Gasteiger charge is 2.28. The van der Waals surface area contributed by atoms with Crippen LogP contribution in [0.4, 0.5) is 5.69 Å². The summed E-state index contributed by atoms with van der Waals surface area (Å²) in [5.74, 6) is 0.223. The minimum absolute atomic E-state index is 0.223. The third kappa shape index (κ3) is 1.63. The fourth-order valence-corrected chi connectivity index (χ4v) is 3.90. The smallest absolute Gasteiger partial charge is 0.182 e. The highest BCUT2D eigenvalue weighted by Crippen LogP contribution is 2.33. The number of hydrogen-bond donors (Lipinski definition) is 0. The molecule has 1 aliphatic heterocycles. The van der Waals surface area contributed by atoms with E-state index in [1.165, 1.54) is 0 Å². The van der Waals surface area contributed by atoms with Gasteiger partial charge in [0.2, 0.25) is 0 Å². The number of benzene rings is 1. The minimum atomic E-state index is -3.06. The lowest BCUT2D eigenvalue weighted by atomic mass is 10.1. The highest BCUT2D eigenvalue weighted by atomic mass is 32.2. The quantitative estimate of drug-likeness (QED) is 0.672. The molecule has 0 saturated carbocycles. The molecule has 1 aliphatic rings. The molecular formula is C11H15NO2S. The first kappa shape index (κ1) is 10.5. The molecule has 0 amide bonds. The molecule has 0 spiro atoms. The first-order valence-electron chi connectivity index (χ1n) is 4.97. The maximum atomic E-state index is 11.9. The van der Waals surface area contributed by atoms with Gasteiger partial charge in [-0.1, -0.05) is 6.07 Å². The van der Waals surface area contributed by atoms with Gasteiger partial charge in [-0.25, -0.2) is 8.42 Å². The van der Waals surface area contributed by atoms with Gasteiger partial charge in [-0.15, -0.1) is 0 Å². The monoisotopic (exact) mass is 225 g/mol. The first-order chi connectivity index (χ1) is 6.92. The van der Waals surface area contributed by atoms with Crippen molar-refractivity contribution in [3.05, 3.63) is 23.3 Å². The van der Waals surface area contributed by atoms with Crippen LogP contribution in [0.5, 0.6) is 0 Å². The van der Waals surface area contributed by atoms with Gasteiger partial charge < -0.3 is 4.90 Å². The van der Waals surface area contributed by atoms with E-state index in [2.05, 4.69) is 0 Å². The number of anilines is 1. The van der Waals surface area contributed by atoms with Crippen LogP contribution in [0.2, 0.25) is 0 Å². The second-order valence-electron chi connectivity index (χ2n) is 4.17. The molecule has 82 valence electrons. The Morgan fingerprint density at radius 2 is 1.93 bits per heavy atom. The summed E-state index contributed by atoms with van der Waals surface area (Å²) in [6.45, 7) is 4.43. The fraction of sp³-hybridized carbons (Fsp3) is 0.455. The molecule has 1 aromatic carbocycles. The summed E-state index contributed by atoms with van der Waals surface area (Å²) in [6, 6.07) is 3.87. The molecule has 0 bridgehead atoms. The summed E-state index contributed by atoms with van der Waals surface area (Å²) >= 11 is 0. The van der Waals surface area contributed by atoms with Crippen molar-refractivity contribution >= 4 is 15.5 Å². The maximum absolute atomic E-state index is 11.9. The van der Waals surface area contributed by atoms with E-state index < -0.39 is 9.84 Å². The SMILES string of the molecule is Cc1cc(C)c2c(c1)N(C)CCS2(=O)=O. The number of sulfone groups is 1. The van der Waals surface area contributed by atoms with Crippen LogP contribution in [0.25, 0.3) is 0 Å². The van der Waals surface area contributed by atoms with Crippen LogP contribution in [-0.2, 0) is 9.84 Å². The molecule has 3 nitrogen and oxygen atoms in total. The Kier molecular flexibility index (Phi) is 2.26. The molecule has 15 heavy (non-hydrogen) atoms. The van der Waals surface area contributed by atoms with Gasteiger partial charge in [0.05, 0.1) is 16.3 Å². The van der Waals surface area contributed by atoms with Crippen LogP contribution in [0.1, 0.15) is 11.1 Å². The normalized spacial score (nSPS) is 18.7. The lowest BCUT2D eigenvalue weighted by molar-refractivity contribution is 0.591. The van der Waals surface area contributed by atoms with Gasteiger partial charge in [0, 0.05) is 13.6 Å². The maximum Gasteiger partial charge on any atom is 0.182 e. The molecule has 0 unspecified atom stereocenters. The van der Waals surface area contributed by atoms with Crippen molar-refractivity contribution in [2.45, 2.75) is 18.7 Å². The number of rotatable bonds is 0. The van der Waals surface area contributed by atoms with E-state index in [-0.39, 0.29) is 5.75 Å². The van der Waals surface area contributed by atoms with Crippen molar-refractivity contribution < 1.29 is 8.42 Å². The van der Waals surface area contributed by atoms with Crippen molar-refractivity contribution in [3.8, 4) is 0 Å². The predicted molar refractivity (Wildman–Crippen MR) is 61.2 cm³/mol. The van der Waals surface area contributed by atoms with E-state index in [4.69, 9.17) is 0 Å². The average molecular weight is 225 g/mol. The molecule has 0 fully saturated rings. The Balaban J connectivity index is 2.79. The molecule has 2 rings (SSSR count). The molecular weight excluding hydrogens is 210 g/mol. The van der Waals surface area contributed by atoms with Gasteiger partial charge in [0.1, 0.15) is 0 Å².